The second kappa shape index (κ2) is 10.1. The van der Waals surface area contributed by atoms with E-state index in [1.807, 2.05) is 42.5 Å². The highest BCUT2D eigenvalue weighted by molar-refractivity contribution is 7.89. The Bertz CT molecular complexity index is 1040. The summed E-state index contributed by atoms with van der Waals surface area (Å²) in [6.45, 7) is 0.628. The molecule has 0 amide bonds. The maximum absolute atomic E-state index is 12.1. The number of aryl methyl sites for hydroxylation is 1. The maximum atomic E-state index is 12.1. The van der Waals surface area contributed by atoms with Gasteiger partial charge in [0, 0.05) is 5.02 Å². The molecule has 3 aromatic rings. The molecule has 5 nitrogen and oxygen atoms in total. The zero-order valence-electron chi connectivity index (χ0n) is 15.7. The van der Waals surface area contributed by atoms with Crippen LogP contribution in [-0.4, -0.2) is 21.2 Å². The van der Waals surface area contributed by atoms with Crippen molar-refractivity contribution in [1.82, 2.24) is 4.83 Å². The van der Waals surface area contributed by atoms with E-state index in [2.05, 4.69) is 22.1 Å². The van der Waals surface area contributed by atoms with Crippen molar-refractivity contribution in [2.45, 2.75) is 17.7 Å². The van der Waals surface area contributed by atoms with Gasteiger partial charge in [-0.05, 0) is 72.5 Å². The van der Waals surface area contributed by atoms with E-state index in [1.165, 1.54) is 36.0 Å². The fraction of sp³-hybridized carbons (Fsp3) is 0.136. The van der Waals surface area contributed by atoms with Crippen molar-refractivity contribution in [2.24, 2.45) is 5.10 Å². The Kier molecular flexibility index (Phi) is 7.27. The number of ether oxygens (including phenoxy) is 1. The number of hydrazone groups is 1. The molecule has 7 heteroatoms. The molecule has 0 aromatic heterocycles. The predicted octanol–water partition coefficient (Wildman–Crippen LogP) is 4.66. The fourth-order valence-electron chi connectivity index (χ4n) is 2.60. The SMILES string of the molecule is O=S(=O)(N/N=C/c1ccc(OCCCc2ccccc2)cc1)c1ccc(Cl)cc1. The van der Waals surface area contributed by atoms with E-state index in [0.717, 1.165) is 24.2 Å². The van der Waals surface area contributed by atoms with Gasteiger partial charge in [0.2, 0.25) is 0 Å². The third kappa shape index (κ3) is 6.62. The van der Waals surface area contributed by atoms with E-state index in [-0.39, 0.29) is 4.90 Å². The predicted molar refractivity (Wildman–Crippen MR) is 116 cm³/mol. The van der Waals surface area contributed by atoms with Crippen molar-refractivity contribution in [2.75, 3.05) is 6.61 Å². The van der Waals surface area contributed by atoms with Gasteiger partial charge < -0.3 is 4.74 Å². The molecule has 3 rings (SSSR count). The van der Waals surface area contributed by atoms with Gasteiger partial charge in [-0.15, -0.1) is 0 Å². The number of nitrogens with zero attached hydrogens (tertiary/aromatic N) is 1. The first-order chi connectivity index (χ1) is 14.0. The van der Waals surface area contributed by atoms with Crippen LogP contribution in [0.3, 0.4) is 0 Å². The summed E-state index contributed by atoms with van der Waals surface area (Å²) in [5.41, 5.74) is 2.05. The van der Waals surface area contributed by atoms with Crippen LogP contribution >= 0.6 is 11.6 Å². The molecular formula is C22H21ClN2O3S. The first-order valence-corrected chi connectivity index (χ1v) is 11.0. The number of hydrogen-bond donors (Lipinski definition) is 1. The van der Waals surface area contributed by atoms with Crippen LogP contribution in [0.5, 0.6) is 5.75 Å². The summed E-state index contributed by atoms with van der Waals surface area (Å²) in [6.07, 6.45) is 3.34. The summed E-state index contributed by atoms with van der Waals surface area (Å²) in [6, 6.07) is 23.4. The van der Waals surface area contributed by atoms with E-state index in [9.17, 15) is 8.42 Å². The van der Waals surface area contributed by atoms with Gasteiger partial charge >= 0.3 is 0 Å². The van der Waals surface area contributed by atoms with Crippen LogP contribution in [0.1, 0.15) is 17.5 Å². The highest BCUT2D eigenvalue weighted by Crippen LogP contribution is 2.14. The second-order valence-electron chi connectivity index (χ2n) is 6.31. The molecule has 3 aromatic carbocycles. The third-order valence-electron chi connectivity index (χ3n) is 4.11. The summed E-state index contributed by atoms with van der Waals surface area (Å²) in [4.78, 5) is 2.28. The van der Waals surface area contributed by atoms with Crippen LogP contribution < -0.4 is 9.57 Å². The lowest BCUT2D eigenvalue weighted by Gasteiger charge is -2.06. The molecule has 0 radical (unpaired) electrons. The highest BCUT2D eigenvalue weighted by atomic mass is 35.5. The second-order valence-corrected chi connectivity index (χ2v) is 8.41. The molecule has 0 spiro atoms. The van der Waals surface area contributed by atoms with Crippen LogP contribution in [0.15, 0.2) is 88.9 Å². The average Bonchev–Trinajstić information content (AvgIpc) is 2.73. The van der Waals surface area contributed by atoms with E-state index in [4.69, 9.17) is 16.3 Å². The Labute approximate surface area is 176 Å². The molecule has 0 aliphatic carbocycles. The number of hydrogen-bond acceptors (Lipinski definition) is 4. The van der Waals surface area contributed by atoms with Gasteiger partial charge in [-0.1, -0.05) is 41.9 Å². The molecule has 0 bridgehead atoms. The summed E-state index contributed by atoms with van der Waals surface area (Å²) in [5, 5.41) is 4.28. The Morgan fingerprint density at radius 2 is 1.62 bits per heavy atom. The molecule has 150 valence electrons. The molecule has 0 saturated heterocycles. The van der Waals surface area contributed by atoms with E-state index in [0.29, 0.717) is 11.6 Å². The quantitative estimate of drug-likeness (QED) is 0.306. The summed E-state index contributed by atoms with van der Waals surface area (Å²) < 4.78 is 30.0. The Balaban J connectivity index is 1.46. The fourth-order valence-corrected chi connectivity index (χ4v) is 3.52. The van der Waals surface area contributed by atoms with E-state index >= 15 is 0 Å². The molecule has 0 aliphatic rings. The van der Waals surface area contributed by atoms with Crippen molar-refractivity contribution >= 4 is 27.8 Å². The van der Waals surface area contributed by atoms with Gasteiger partial charge in [-0.2, -0.15) is 13.5 Å². The highest BCUT2D eigenvalue weighted by Gasteiger charge is 2.11. The van der Waals surface area contributed by atoms with Gasteiger partial charge in [-0.3, -0.25) is 0 Å². The molecule has 0 unspecified atom stereocenters. The topological polar surface area (TPSA) is 67.8 Å². The standard InChI is InChI=1S/C22H21ClN2O3S/c23-20-10-14-22(15-11-20)29(26,27)25-24-17-19-8-12-21(13-9-19)28-16-4-7-18-5-2-1-3-6-18/h1-3,5-6,8-15,17,25H,4,7,16H2/b24-17+. The lowest BCUT2D eigenvalue weighted by atomic mass is 10.1. The van der Waals surface area contributed by atoms with E-state index < -0.39 is 10.0 Å². The number of nitrogens with one attached hydrogen (secondary N) is 1. The minimum absolute atomic E-state index is 0.0956. The normalized spacial score (nSPS) is 11.5. The van der Waals surface area contributed by atoms with Gasteiger partial charge in [0.1, 0.15) is 5.75 Å². The third-order valence-corrected chi connectivity index (χ3v) is 5.60. The molecule has 0 atom stereocenters. The first kappa shape index (κ1) is 20.9. The van der Waals surface area contributed by atoms with Crippen molar-refractivity contribution in [1.29, 1.82) is 0 Å². The van der Waals surface area contributed by atoms with E-state index in [1.54, 1.807) is 0 Å². The van der Waals surface area contributed by atoms with Crippen LogP contribution in [0, 0.1) is 0 Å². The van der Waals surface area contributed by atoms with Crippen molar-refractivity contribution in [3.8, 4) is 5.75 Å². The Hall–Kier alpha value is -2.83. The largest absolute Gasteiger partial charge is 0.494 e. The zero-order chi connectivity index (χ0) is 20.5. The molecule has 0 heterocycles. The van der Waals surface area contributed by atoms with Crippen molar-refractivity contribution in [3.63, 3.8) is 0 Å². The Morgan fingerprint density at radius 3 is 2.31 bits per heavy atom. The smallest absolute Gasteiger partial charge is 0.276 e. The molecular weight excluding hydrogens is 408 g/mol. The van der Waals surface area contributed by atoms with Crippen LogP contribution in [0.4, 0.5) is 0 Å². The summed E-state index contributed by atoms with van der Waals surface area (Å²) in [7, 11) is -3.72. The number of rotatable bonds is 9. The van der Waals surface area contributed by atoms with Crippen LogP contribution in [0.25, 0.3) is 0 Å². The van der Waals surface area contributed by atoms with Gasteiger partial charge in [0.05, 0.1) is 17.7 Å². The van der Waals surface area contributed by atoms with Gasteiger partial charge in [0.25, 0.3) is 10.0 Å². The van der Waals surface area contributed by atoms with Gasteiger partial charge in [0.15, 0.2) is 0 Å². The molecule has 29 heavy (non-hydrogen) atoms. The van der Waals surface area contributed by atoms with Crippen molar-refractivity contribution < 1.29 is 13.2 Å². The molecule has 1 N–H and O–H groups in total. The summed E-state index contributed by atoms with van der Waals surface area (Å²) in [5.74, 6) is 0.761. The zero-order valence-corrected chi connectivity index (χ0v) is 17.2. The minimum atomic E-state index is -3.72. The number of benzene rings is 3. The first-order valence-electron chi connectivity index (χ1n) is 9.10. The minimum Gasteiger partial charge on any atom is -0.494 e. The van der Waals surface area contributed by atoms with Crippen molar-refractivity contribution in [3.05, 3.63) is 95.0 Å². The lowest BCUT2D eigenvalue weighted by molar-refractivity contribution is 0.311. The monoisotopic (exact) mass is 428 g/mol. The Morgan fingerprint density at radius 1 is 0.931 bits per heavy atom. The summed E-state index contributed by atoms with van der Waals surface area (Å²) >= 11 is 5.77. The van der Waals surface area contributed by atoms with Crippen LogP contribution in [0.2, 0.25) is 5.02 Å². The van der Waals surface area contributed by atoms with Gasteiger partial charge in [-0.25, -0.2) is 4.83 Å². The molecule has 0 fully saturated rings. The number of sulfonamides is 1. The lowest BCUT2D eigenvalue weighted by Crippen LogP contribution is -2.18. The molecule has 0 aliphatic heterocycles. The number of halogens is 1. The maximum Gasteiger partial charge on any atom is 0.276 e. The van der Waals surface area contributed by atoms with Crippen LogP contribution in [-0.2, 0) is 16.4 Å². The average molecular weight is 429 g/mol. The molecule has 0 saturated carbocycles.